The van der Waals surface area contributed by atoms with Crippen molar-refractivity contribution < 1.29 is 0 Å². The lowest BCUT2D eigenvalue weighted by Crippen LogP contribution is -2.26. The fourth-order valence-electron chi connectivity index (χ4n) is 10.0. The van der Waals surface area contributed by atoms with Crippen LogP contribution in [0.1, 0.15) is 22.3 Å². The van der Waals surface area contributed by atoms with Gasteiger partial charge in [0.2, 0.25) is 0 Å². The van der Waals surface area contributed by atoms with Crippen LogP contribution < -0.4 is 0 Å². The molecule has 0 bridgehead atoms. The van der Waals surface area contributed by atoms with Crippen molar-refractivity contribution in [1.29, 1.82) is 0 Å². The van der Waals surface area contributed by atoms with E-state index in [9.17, 15) is 0 Å². The Morgan fingerprint density at radius 2 is 0.843 bits per heavy atom. The van der Waals surface area contributed by atoms with E-state index in [1.807, 2.05) is 0 Å². The van der Waals surface area contributed by atoms with Crippen molar-refractivity contribution in [2.75, 3.05) is 0 Å². The van der Waals surface area contributed by atoms with Gasteiger partial charge < -0.3 is 0 Å². The lowest BCUT2D eigenvalue weighted by atomic mass is 9.68. The Morgan fingerprint density at radius 1 is 0.294 bits per heavy atom. The summed E-state index contributed by atoms with van der Waals surface area (Å²) in [7, 11) is 0. The summed E-state index contributed by atoms with van der Waals surface area (Å²) in [5.41, 5.74) is 15.6. The third-order valence-electron chi connectivity index (χ3n) is 12.0. The second kappa shape index (κ2) is 9.81. The van der Waals surface area contributed by atoms with Gasteiger partial charge in [-0.05, 0) is 122 Å². The van der Waals surface area contributed by atoms with Crippen molar-refractivity contribution in [2.24, 2.45) is 0 Å². The van der Waals surface area contributed by atoms with E-state index in [1.54, 1.807) is 0 Å². The SMILES string of the molecule is c1ccc2c(c1)-c1ccccc1C21c2ccccc2-c2c1c1cccc3c(-c4ccc(-c5ccc6ccccc6c5)cc4)cc4cccc2c4c31. The number of hydrogen-bond acceptors (Lipinski definition) is 0. The molecule has 1 spiro atoms. The van der Waals surface area contributed by atoms with Crippen molar-refractivity contribution >= 4 is 43.1 Å². The van der Waals surface area contributed by atoms with Crippen LogP contribution in [-0.2, 0) is 5.41 Å². The van der Waals surface area contributed by atoms with Gasteiger partial charge in [0.05, 0.1) is 5.41 Å². The highest BCUT2D eigenvalue weighted by Crippen LogP contribution is 2.66. The summed E-state index contributed by atoms with van der Waals surface area (Å²) in [5, 5.41) is 10.6. The van der Waals surface area contributed by atoms with Gasteiger partial charge in [0.15, 0.2) is 0 Å². The number of rotatable bonds is 2. The lowest BCUT2D eigenvalue weighted by molar-refractivity contribution is 0.802. The van der Waals surface area contributed by atoms with E-state index in [-0.39, 0.29) is 0 Å². The highest BCUT2D eigenvalue weighted by atomic mass is 14.5. The van der Waals surface area contributed by atoms with Crippen molar-refractivity contribution in [1.82, 2.24) is 0 Å². The minimum Gasteiger partial charge on any atom is -0.0619 e. The van der Waals surface area contributed by atoms with Gasteiger partial charge in [-0.2, -0.15) is 0 Å². The van der Waals surface area contributed by atoms with E-state index in [0.717, 1.165) is 0 Å². The number of hydrogen-bond donors (Lipinski definition) is 0. The quantitative estimate of drug-likeness (QED) is 0.165. The van der Waals surface area contributed by atoms with E-state index < -0.39 is 5.41 Å². The largest absolute Gasteiger partial charge is 0.0731 e. The summed E-state index contributed by atoms with van der Waals surface area (Å²) in [6.45, 7) is 0. The van der Waals surface area contributed by atoms with Crippen molar-refractivity contribution in [2.45, 2.75) is 5.41 Å². The molecule has 0 unspecified atom stereocenters. The van der Waals surface area contributed by atoms with Gasteiger partial charge >= 0.3 is 0 Å². The van der Waals surface area contributed by atoms with E-state index in [0.29, 0.717) is 0 Å². The summed E-state index contributed by atoms with van der Waals surface area (Å²) < 4.78 is 0. The van der Waals surface area contributed by atoms with Crippen molar-refractivity contribution in [3.05, 3.63) is 204 Å². The Bertz CT molecular complexity index is 3020. The van der Waals surface area contributed by atoms with Gasteiger partial charge in [-0.1, -0.05) is 170 Å². The van der Waals surface area contributed by atoms with Gasteiger partial charge in [-0.25, -0.2) is 0 Å². The molecule has 0 nitrogen and oxygen atoms in total. The average molecular weight is 643 g/mol. The normalized spacial score (nSPS) is 13.6. The minimum absolute atomic E-state index is 0.398. The first-order valence-electron chi connectivity index (χ1n) is 17.9. The Hall–Kier alpha value is -6.50. The summed E-state index contributed by atoms with van der Waals surface area (Å²) >= 11 is 0. The topological polar surface area (TPSA) is 0 Å². The maximum absolute atomic E-state index is 2.43. The summed E-state index contributed by atoms with van der Waals surface area (Å²) in [6, 6.07) is 68.4. The van der Waals surface area contributed by atoms with Gasteiger partial charge in [-0.15, -0.1) is 0 Å². The molecule has 2 aliphatic carbocycles. The van der Waals surface area contributed by atoms with Gasteiger partial charge in [0.1, 0.15) is 0 Å². The van der Waals surface area contributed by atoms with Gasteiger partial charge in [0, 0.05) is 0 Å². The van der Waals surface area contributed by atoms with Crippen LogP contribution >= 0.6 is 0 Å². The van der Waals surface area contributed by atoms with E-state index in [1.165, 1.54) is 110 Å². The molecule has 234 valence electrons. The minimum atomic E-state index is -0.398. The van der Waals surface area contributed by atoms with E-state index in [2.05, 4.69) is 182 Å². The third-order valence-corrected chi connectivity index (χ3v) is 12.0. The van der Waals surface area contributed by atoms with Crippen LogP contribution in [0.2, 0.25) is 0 Å². The molecule has 0 heteroatoms. The van der Waals surface area contributed by atoms with Crippen LogP contribution in [0.15, 0.2) is 182 Å². The molecular weight excluding hydrogens is 613 g/mol. The predicted octanol–water partition coefficient (Wildman–Crippen LogP) is 13.4. The molecule has 0 N–H and O–H groups in total. The fourth-order valence-corrected chi connectivity index (χ4v) is 10.0. The summed E-state index contributed by atoms with van der Waals surface area (Å²) in [6.07, 6.45) is 0. The Balaban J connectivity index is 1.16. The average Bonchev–Trinajstić information content (AvgIpc) is 3.68. The highest BCUT2D eigenvalue weighted by Gasteiger charge is 2.53. The molecule has 0 amide bonds. The van der Waals surface area contributed by atoms with E-state index >= 15 is 0 Å². The maximum atomic E-state index is 2.43. The Labute approximate surface area is 296 Å². The van der Waals surface area contributed by atoms with Crippen molar-refractivity contribution in [3.8, 4) is 44.5 Å². The third kappa shape index (κ3) is 3.40. The molecule has 0 saturated carbocycles. The molecule has 0 atom stereocenters. The van der Waals surface area contributed by atoms with Crippen LogP contribution in [0.25, 0.3) is 87.6 Å². The smallest absolute Gasteiger partial charge is 0.0619 e. The molecular formula is C51H30. The zero-order valence-corrected chi connectivity index (χ0v) is 27.8. The summed E-state index contributed by atoms with van der Waals surface area (Å²) in [5.74, 6) is 0. The molecule has 0 radical (unpaired) electrons. The predicted molar refractivity (Wildman–Crippen MR) is 215 cm³/mol. The Morgan fingerprint density at radius 3 is 1.61 bits per heavy atom. The standard InChI is InChI=1S/C51H30/c1-2-12-34-29-35(28-25-31(34)11-1)32-23-26-33(27-24-32)43-30-36-13-9-18-41-47(36)48-39(43)17-10-19-42(48)50-49(41)40-16-5-8-22-46(40)51(50)44-20-6-3-14-37(44)38-15-4-7-21-45(38)51/h1-30H. The first kappa shape index (κ1) is 27.3. The maximum Gasteiger partial charge on any atom is 0.0731 e. The second-order valence-corrected chi connectivity index (χ2v) is 14.3. The monoisotopic (exact) mass is 642 g/mol. The molecule has 10 aromatic carbocycles. The lowest BCUT2D eigenvalue weighted by Gasteiger charge is -2.32. The highest BCUT2D eigenvalue weighted by molar-refractivity contribution is 6.31. The molecule has 51 heavy (non-hydrogen) atoms. The molecule has 0 saturated heterocycles. The van der Waals surface area contributed by atoms with Crippen molar-refractivity contribution in [3.63, 3.8) is 0 Å². The first-order chi connectivity index (χ1) is 25.3. The first-order valence-corrected chi connectivity index (χ1v) is 17.9. The number of fused-ring (bicyclic) bond motifs is 13. The number of benzene rings is 10. The zero-order chi connectivity index (χ0) is 33.3. The van der Waals surface area contributed by atoms with Crippen LogP contribution in [0, 0.1) is 0 Å². The van der Waals surface area contributed by atoms with Gasteiger partial charge in [0.25, 0.3) is 0 Å². The molecule has 12 rings (SSSR count). The fraction of sp³-hybridized carbons (Fsp3) is 0.0196. The zero-order valence-electron chi connectivity index (χ0n) is 27.8. The molecule has 0 fully saturated rings. The molecule has 0 aromatic heterocycles. The van der Waals surface area contributed by atoms with Gasteiger partial charge in [-0.3, -0.25) is 0 Å². The summed E-state index contributed by atoms with van der Waals surface area (Å²) in [4.78, 5) is 0. The Kier molecular flexibility index (Phi) is 5.26. The second-order valence-electron chi connectivity index (χ2n) is 14.3. The van der Waals surface area contributed by atoms with Crippen LogP contribution in [0.5, 0.6) is 0 Å². The molecule has 0 heterocycles. The van der Waals surface area contributed by atoms with Crippen LogP contribution in [0.3, 0.4) is 0 Å². The molecule has 2 aliphatic rings. The van der Waals surface area contributed by atoms with E-state index in [4.69, 9.17) is 0 Å². The van der Waals surface area contributed by atoms with Crippen LogP contribution in [0.4, 0.5) is 0 Å². The molecule has 0 aliphatic heterocycles. The molecule has 10 aromatic rings. The van der Waals surface area contributed by atoms with Crippen LogP contribution in [-0.4, -0.2) is 0 Å².